The third kappa shape index (κ3) is 4.38. The average molecular weight is 390 g/mol. The lowest BCUT2D eigenvalue weighted by atomic mass is 9.88. The Morgan fingerprint density at radius 1 is 1.15 bits per heavy atom. The lowest BCUT2D eigenvalue weighted by Gasteiger charge is -2.30. The third-order valence-corrected chi connectivity index (χ3v) is 4.99. The van der Waals surface area contributed by atoms with Gasteiger partial charge in [-0.3, -0.25) is 4.79 Å². The Labute approximate surface area is 166 Å². The molecule has 0 saturated heterocycles. The normalized spacial score (nSPS) is 11.4. The standard InChI is InChI=1S/C22H28ClNO3/c1-7-14-11-16(23)12-17(19(14)25)21(26)24-22(4,5)18-10-13(3)9-15(8-2)20(18)27-6/h9-12,25H,7-8H2,1-6H3,(H,24,26). The van der Waals surface area contributed by atoms with Gasteiger partial charge >= 0.3 is 0 Å². The highest BCUT2D eigenvalue weighted by Gasteiger charge is 2.29. The zero-order valence-electron chi connectivity index (χ0n) is 16.9. The van der Waals surface area contributed by atoms with E-state index in [9.17, 15) is 9.90 Å². The maximum absolute atomic E-state index is 12.9. The van der Waals surface area contributed by atoms with Gasteiger partial charge in [-0.15, -0.1) is 0 Å². The topological polar surface area (TPSA) is 58.6 Å². The van der Waals surface area contributed by atoms with Gasteiger partial charge in [0.15, 0.2) is 0 Å². The largest absolute Gasteiger partial charge is 0.507 e. The van der Waals surface area contributed by atoms with Crippen molar-refractivity contribution in [3.63, 3.8) is 0 Å². The molecule has 0 spiro atoms. The Morgan fingerprint density at radius 3 is 2.33 bits per heavy atom. The SMILES string of the molecule is CCc1cc(Cl)cc(C(=O)NC(C)(C)c2cc(C)cc(CC)c2OC)c1O. The average Bonchev–Trinajstić information content (AvgIpc) is 2.61. The van der Waals surface area contributed by atoms with E-state index in [1.54, 1.807) is 13.2 Å². The van der Waals surface area contributed by atoms with Gasteiger partial charge in [0.05, 0.1) is 18.2 Å². The van der Waals surface area contributed by atoms with Crippen LogP contribution >= 0.6 is 11.6 Å². The Bertz CT molecular complexity index is 859. The number of nitrogens with one attached hydrogen (secondary N) is 1. The molecule has 0 radical (unpaired) electrons. The molecule has 2 aromatic rings. The molecule has 1 amide bonds. The fraction of sp³-hybridized carbons (Fsp3) is 0.409. The van der Waals surface area contributed by atoms with E-state index >= 15 is 0 Å². The number of phenolic OH excluding ortho intramolecular Hbond substituents is 1. The van der Waals surface area contributed by atoms with Crippen molar-refractivity contribution < 1.29 is 14.6 Å². The number of carbonyl (C=O) groups is 1. The van der Waals surface area contributed by atoms with E-state index in [0.717, 1.165) is 28.9 Å². The first-order valence-corrected chi connectivity index (χ1v) is 9.54. The summed E-state index contributed by atoms with van der Waals surface area (Å²) in [6, 6.07) is 7.28. The molecule has 0 bridgehead atoms. The van der Waals surface area contributed by atoms with Crippen LogP contribution in [-0.4, -0.2) is 18.1 Å². The fourth-order valence-electron chi connectivity index (χ4n) is 3.33. The van der Waals surface area contributed by atoms with E-state index in [4.69, 9.17) is 16.3 Å². The van der Waals surface area contributed by atoms with Crippen LogP contribution in [0.15, 0.2) is 24.3 Å². The Morgan fingerprint density at radius 2 is 1.78 bits per heavy atom. The molecule has 0 unspecified atom stereocenters. The number of hydrogen-bond donors (Lipinski definition) is 2. The summed E-state index contributed by atoms with van der Waals surface area (Å²) >= 11 is 6.13. The van der Waals surface area contributed by atoms with Crippen LogP contribution in [0.5, 0.6) is 11.5 Å². The van der Waals surface area contributed by atoms with Crippen LogP contribution < -0.4 is 10.1 Å². The highest BCUT2D eigenvalue weighted by atomic mass is 35.5. The van der Waals surface area contributed by atoms with Crippen molar-refractivity contribution in [2.24, 2.45) is 0 Å². The Hall–Kier alpha value is -2.20. The second-order valence-electron chi connectivity index (χ2n) is 7.25. The van der Waals surface area contributed by atoms with Crippen molar-refractivity contribution >= 4 is 17.5 Å². The van der Waals surface area contributed by atoms with Gasteiger partial charge < -0.3 is 15.2 Å². The summed E-state index contributed by atoms with van der Waals surface area (Å²) in [6.07, 6.45) is 1.42. The minimum atomic E-state index is -0.709. The van der Waals surface area contributed by atoms with E-state index in [0.29, 0.717) is 17.0 Å². The van der Waals surface area contributed by atoms with Crippen molar-refractivity contribution in [2.75, 3.05) is 7.11 Å². The minimum absolute atomic E-state index is 0.0272. The molecule has 146 valence electrons. The maximum atomic E-state index is 12.9. The summed E-state index contributed by atoms with van der Waals surface area (Å²) in [6.45, 7) is 9.84. The predicted molar refractivity (Wildman–Crippen MR) is 110 cm³/mol. The van der Waals surface area contributed by atoms with E-state index < -0.39 is 5.54 Å². The molecule has 4 nitrogen and oxygen atoms in total. The van der Waals surface area contributed by atoms with E-state index in [1.807, 2.05) is 33.8 Å². The summed E-state index contributed by atoms with van der Waals surface area (Å²) in [5.41, 5.74) is 3.20. The van der Waals surface area contributed by atoms with Crippen LogP contribution in [0.1, 0.15) is 60.3 Å². The number of rotatable bonds is 6. The number of halogens is 1. The molecular weight excluding hydrogens is 362 g/mol. The minimum Gasteiger partial charge on any atom is -0.507 e. The summed E-state index contributed by atoms with van der Waals surface area (Å²) < 4.78 is 5.65. The number of hydrogen-bond acceptors (Lipinski definition) is 3. The quantitative estimate of drug-likeness (QED) is 0.718. The van der Waals surface area contributed by atoms with Crippen LogP contribution in [-0.2, 0) is 18.4 Å². The molecule has 0 heterocycles. The summed E-state index contributed by atoms with van der Waals surface area (Å²) in [7, 11) is 1.64. The molecule has 0 aliphatic rings. The third-order valence-electron chi connectivity index (χ3n) is 4.77. The first kappa shape index (κ1) is 21.1. The molecule has 0 aromatic heterocycles. The first-order valence-electron chi connectivity index (χ1n) is 9.16. The molecule has 0 aliphatic heterocycles. The van der Waals surface area contributed by atoms with Crippen LogP contribution in [0.2, 0.25) is 5.02 Å². The first-order chi connectivity index (χ1) is 12.6. The number of carbonyl (C=O) groups excluding carboxylic acids is 1. The zero-order chi connectivity index (χ0) is 20.4. The van der Waals surface area contributed by atoms with Crippen LogP contribution in [0.25, 0.3) is 0 Å². The molecule has 2 rings (SSSR count). The van der Waals surface area contributed by atoms with Gasteiger partial charge in [-0.25, -0.2) is 0 Å². The van der Waals surface area contributed by atoms with Gasteiger partial charge in [0, 0.05) is 10.6 Å². The lowest BCUT2D eigenvalue weighted by Crippen LogP contribution is -2.41. The second kappa shape index (κ2) is 8.22. The number of phenols is 1. The molecule has 2 N–H and O–H groups in total. The fourth-order valence-corrected chi connectivity index (χ4v) is 3.57. The predicted octanol–water partition coefficient (Wildman–Crippen LogP) is 5.15. The number of ether oxygens (including phenoxy) is 1. The number of benzene rings is 2. The second-order valence-corrected chi connectivity index (χ2v) is 7.69. The maximum Gasteiger partial charge on any atom is 0.255 e. The molecule has 0 aliphatic carbocycles. The van der Waals surface area contributed by atoms with Gasteiger partial charge in [0.1, 0.15) is 11.5 Å². The van der Waals surface area contributed by atoms with Gasteiger partial charge in [-0.2, -0.15) is 0 Å². The van der Waals surface area contributed by atoms with Crippen molar-refractivity contribution in [3.8, 4) is 11.5 Å². The van der Waals surface area contributed by atoms with Crippen molar-refractivity contribution in [3.05, 3.63) is 57.1 Å². The highest BCUT2D eigenvalue weighted by Crippen LogP contribution is 2.35. The molecule has 0 saturated carbocycles. The van der Waals surface area contributed by atoms with Crippen LogP contribution in [0, 0.1) is 6.92 Å². The number of aromatic hydroxyl groups is 1. The lowest BCUT2D eigenvalue weighted by molar-refractivity contribution is 0.0908. The Balaban J connectivity index is 2.47. The summed E-state index contributed by atoms with van der Waals surface area (Å²) in [4.78, 5) is 12.9. The van der Waals surface area contributed by atoms with Crippen molar-refractivity contribution in [1.82, 2.24) is 5.32 Å². The molecule has 2 aromatic carbocycles. The van der Waals surface area contributed by atoms with E-state index in [2.05, 4.69) is 18.3 Å². The number of aryl methyl sites for hydroxylation is 3. The zero-order valence-corrected chi connectivity index (χ0v) is 17.6. The van der Waals surface area contributed by atoms with Crippen LogP contribution in [0.3, 0.4) is 0 Å². The monoisotopic (exact) mass is 389 g/mol. The molecule has 0 atom stereocenters. The van der Waals surface area contributed by atoms with Crippen molar-refractivity contribution in [2.45, 2.75) is 53.0 Å². The number of amides is 1. The van der Waals surface area contributed by atoms with E-state index in [1.165, 1.54) is 6.07 Å². The van der Waals surface area contributed by atoms with Gasteiger partial charge in [-0.1, -0.05) is 43.1 Å². The molecule has 0 fully saturated rings. The smallest absolute Gasteiger partial charge is 0.255 e. The summed E-state index contributed by atoms with van der Waals surface area (Å²) in [5, 5.41) is 13.9. The molecule has 5 heteroatoms. The van der Waals surface area contributed by atoms with Crippen LogP contribution in [0.4, 0.5) is 0 Å². The van der Waals surface area contributed by atoms with Gasteiger partial charge in [0.25, 0.3) is 5.91 Å². The van der Waals surface area contributed by atoms with E-state index in [-0.39, 0.29) is 17.2 Å². The van der Waals surface area contributed by atoms with Gasteiger partial charge in [0.2, 0.25) is 0 Å². The molecule has 27 heavy (non-hydrogen) atoms. The summed E-state index contributed by atoms with van der Waals surface area (Å²) in [5.74, 6) is 0.370. The van der Waals surface area contributed by atoms with Gasteiger partial charge in [-0.05, 0) is 56.9 Å². The highest BCUT2D eigenvalue weighted by molar-refractivity contribution is 6.31. The number of methoxy groups -OCH3 is 1. The molecular formula is C22H28ClNO3. The Kier molecular flexibility index (Phi) is 6.42. The van der Waals surface area contributed by atoms with Crippen molar-refractivity contribution in [1.29, 1.82) is 0 Å².